The van der Waals surface area contributed by atoms with E-state index in [1.165, 1.54) is 16.9 Å². The lowest BCUT2D eigenvalue weighted by atomic mass is 10.0. The second-order valence-electron chi connectivity index (χ2n) is 4.79. The number of ether oxygens (including phenoxy) is 1. The largest absolute Gasteiger partial charge is 0.379 e. The van der Waals surface area contributed by atoms with Crippen LogP contribution in [-0.2, 0) is 9.53 Å². The lowest BCUT2D eigenvalue weighted by Crippen LogP contribution is -2.37. The van der Waals surface area contributed by atoms with Crippen molar-refractivity contribution in [2.75, 3.05) is 18.5 Å². The van der Waals surface area contributed by atoms with Gasteiger partial charge in [-0.25, -0.2) is 4.98 Å². The zero-order valence-corrected chi connectivity index (χ0v) is 11.4. The normalized spacial score (nSPS) is 22.8. The standard InChI is InChI=1S/C13H15N3O2S/c1-7-2-3-10-11(4-7)19-13(15-10)16-12(17)8-5-18-6-9(8)14/h2-4,8-9H,5-6,14H2,1H3,(H,15,16,17). The van der Waals surface area contributed by atoms with Gasteiger partial charge in [0.1, 0.15) is 0 Å². The Kier molecular flexibility index (Phi) is 3.22. The highest BCUT2D eigenvalue weighted by Crippen LogP contribution is 2.27. The molecule has 1 fully saturated rings. The quantitative estimate of drug-likeness (QED) is 0.872. The van der Waals surface area contributed by atoms with Crippen LogP contribution in [0.5, 0.6) is 0 Å². The average molecular weight is 277 g/mol. The Morgan fingerprint density at radius 2 is 2.37 bits per heavy atom. The highest BCUT2D eigenvalue weighted by molar-refractivity contribution is 7.22. The van der Waals surface area contributed by atoms with Crippen molar-refractivity contribution in [3.05, 3.63) is 23.8 Å². The first-order valence-corrected chi connectivity index (χ1v) is 6.96. The number of benzene rings is 1. The molecule has 19 heavy (non-hydrogen) atoms. The molecule has 3 rings (SSSR count). The molecule has 0 aliphatic carbocycles. The maximum Gasteiger partial charge on any atom is 0.233 e. The van der Waals surface area contributed by atoms with E-state index >= 15 is 0 Å². The van der Waals surface area contributed by atoms with Gasteiger partial charge in [-0.1, -0.05) is 17.4 Å². The molecule has 6 heteroatoms. The van der Waals surface area contributed by atoms with Gasteiger partial charge in [0.15, 0.2) is 5.13 Å². The van der Waals surface area contributed by atoms with Crippen LogP contribution in [0.15, 0.2) is 18.2 Å². The molecule has 1 amide bonds. The number of nitrogens with zero attached hydrogens (tertiary/aromatic N) is 1. The summed E-state index contributed by atoms with van der Waals surface area (Å²) in [6.45, 7) is 2.86. The predicted molar refractivity (Wildman–Crippen MR) is 75.3 cm³/mol. The van der Waals surface area contributed by atoms with Gasteiger partial charge in [0.05, 0.1) is 29.3 Å². The van der Waals surface area contributed by atoms with Crippen molar-refractivity contribution in [3.63, 3.8) is 0 Å². The predicted octanol–water partition coefficient (Wildman–Crippen LogP) is 1.52. The van der Waals surface area contributed by atoms with Crippen molar-refractivity contribution in [3.8, 4) is 0 Å². The van der Waals surface area contributed by atoms with E-state index in [4.69, 9.17) is 10.5 Å². The van der Waals surface area contributed by atoms with Crippen molar-refractivity contribution >= 4 is 32.6 Å². The van der Waals surface area contributed by atoms with Gasteiger partial charge in [0, 0.05) is 6.04 Å². The monoisotopic (exact) mass is 277 g/mol. The number of hydrogen-bond acceptors (Lipinski definition) is 5. The van der Waals surface area contributed by atoms with Crippen molar-refractivity contribution < 1.29 is 9.53 Å². The van der Waals surface area contributed by atoms with E-state index in [0.717, 1.165) is 10.2 Å². The number of aromatic nitrogens is 1. The second kappa shape index (κ2) is 4.88. The number of amides is 1. The number of nitrogens with one attached hydrogen (secondary N) is 1. The fraction of sp³-hybridized carbons (Fsp3) is 0.385. The molecule has 0 radical (unpaired) electrons. The molecule has 0 spiro atoms. The lowest BCUT2D eigenvalue weighted by molar-refractivity contribution is -0.120. The highest BCUT2D eigenvalue weighted by atomic mass is 32.1. The van der Waals surface area contributed by atoms with Crippen molar-refractivity contribution in [1.82, 2.24) is 4.98 Å². The van der Waals surface area contributed by atoms with E-state index in [9.17, 15) is 4.79 Å². The summed E-state index contributed by atoms with van der Waals surface area (Å²) in [6.07, 6.45) is 0. The molecule has 5 nitrogen and oxygen atoms in total. The summed E-state index contributed by atoms with van der Waals surface area (Å²) in [7, 11) is 0. The molecule has 2 aromatic rings. The summed E-state index contributed by atoms with van der Waals surface area (Å²) in [5.74, 6) is -0.394. The van der Waals surface area contributed by atoms with Gasteiger partial charge < -0.3 is 15.8 Å². The van der Waals surface area contributed by atoms with Gasteiger partial charge in [-0.15, -0.1) is 0 Å². The minimum Gasteiger partial charge on any atom is -0.379 e. The SMILES string of the molecule is Cc1ccc2nc(NC(=O)C3COCC3N)sc2c1. The van der Waals surface area contributed by atoms with Crippen LogP contribution in [0.25, 0.3) is 10.2 Å². The molecular weight excluding hydrogens is 262 g/mol. The van der Waals surface area contributed by atoms with Gasteiger partial charge in [-0.2, -0.15) is 0 Å². The van der Waals surface area contributed by atoms with Gasteiger partial charge in [0.2, 0.25) is 5.91 Å². The molecule has 1 aliphatic heterocycles. The molecule has 1 saturated heterocycles. The number of aryl methyl sites for hydroxylation is 1. The van der Waals surface area contributed by atoms with Crippen LogP contribution in [0.3, 0.4) is 0 Å². The van der Waals surface area contributed by atoms with Crippen LogP contribution in [0, 0.1) is 12.8 Å². The summed E-state index contributed by atoms with van der Waals surface area (Å²) >= 11 is 1.48. The molecule has 1 aromatic heterocycles. The minimum absolute atomic E-state index is 0.110. The van der Waals surface area contributed by atoms with Crippen LogP contribution < -0.4 is 11.1 Å². The first-order chi connectivity index (χ1) is 9.13. The highest BCUT2D eigenvalue weighted by Gasteiger charge is 2.31. The minimum atomic E-state index is -0.284. The Bertz CT molecular complexity index is 625. The average Bonchev–Trinajstić information content (AvgIpc) is 2.94. The molecule has 100 valence electrons. The smallest absolute Gasteiger partial charge is 0.233 e. The van der Waals surface area contributed by atoms with E-state index < -0.39 is 0 Å². The third-order valence-corrected chi connectivity index (χ3v) is 4.17. The molecule has 0 saturated carbocycles. The molecule has 1 aliphatic rings. The van der Waals surface area contributed by atoms with Crippen LogP contribution in [0.2, 0.25) is 0 Å². The number of hydrogen-bond donors (Lipinski definition) is 2. The molecule has 3 N–H and O–H groups in total. The maximum atomic E-state index is 12.1. The summed E-state index contributed by atoms with van der Waals surface area (Å²) < 4.78 is 6.27. The maximum absolute atomic E-state index is 12.1. The third kappa shape index (κ3) is 2.47. The van der Waals surface area contributed by atoms with Crippen LogP contribution in [0.1, 0.15) is 5.56 Å². The molecule has 2 heterocycles. The van der Waals surface area contributed by atoms with Crippen molar-refractivity contribution in [1.29, 1.82) is 0 Å². The number of rotatable bonds is 2. The van der Waals surface area contributed by atoms with E-state index in [2.05, 4.69) is 16.4 Å². The Morgan fingerprint density at radius 3 is 3.11 bits per heavy atom. The zero-order chi connectivity index (χ0) is 13.4. The number of carbonyl (C=O) groups excluding carboxylic acids is 1. The number of carbonyl (C=O) groups is 1. The van der Waals surface area contributed by atoms with Gasteiger partial charge in [0.25, 0.3) is 0 Å². The zero-order valence-electron chi connectivity index (χ0n) is 10.6. The first-order valence-electron chi connectivity index (χ1n) is 6.15. The van der Waals surface area contributed by atoms with Crippen LogP contribution >= 0.6 is 11.3 Å². The van der Waals surface area contributed by atoms with Gasteiger partial charge in [-0.05, 0) is 24.6 Å². The molecule has 2 unspecified atom stereocenters. The first kappa shape index (κ1) is 12.5. The summed E-state index contributed by atoms with van der Waals surface area (Å²) in [6, 6.07) is 5.81. The fourth-order valence-electron chi connectivity index (χ4n) is 2.12. The van der Waals surface area contributed by atoms with Gasteiger partial charge >= 0.3 is 0 Å². The van der Waals surface area contributed by atoms with Crippen LogP contribution in [0.4, 0.5) is 5.13 Å². The van der Waals surface area contributed by atoms with Crippen LogP contribution in [-0.4, -0.2) is 30.1 Å². The topological polar surface area (TPSA) is 77.2 Å². The fourth-order valence-corrected chi connectivity index (χ4v) is 3.09. The summed E-state index contributed by atoms with van der Waals surface area (Å²) in [5.41, 5.74) is 7.91. The Labute approximate surface area is 114 Å². The Balaban J connectivity index is 1.79. The lowest BCUT2D eigenvalue weighted by Gasteiger charge is -2.11. The van der Waals surface area contributed by atoms with Crippen molar-refractivity contribution in [2.45, 2.75) is 13.0 Å². The molecule has 1 aromatic carbocycles. The number of nitrogens with two attached hydrogens (primary N) is 1. The number of anilines is 1. The number of thiazole rings is 1. The van der Waals surface area contributed by atoms with Crippen molar-refractivity contribution in [2.24, 2.45) is 11.7 Å². The molecule has 0 bridgehead atoms. The van der Waals surface area contributed by atoms with Gasteiger partial charge in [-0.3, -0.25) is 4.79 Å². The van der Waals surface area contributed by atoms with E-state index in [1.807, 2.05) is 19.1 Å². The summed E-state index contributed by atoms with van der Waals surface area (Å²) in [4.78, 5) is 16.5. The third-order valence-electron chi connectivity index (χ3n) is 3.24. The molecule has 2 atom stereocenters. The Morgan fingerprint density at radius 1 is 1.53 bits per heavy atom. The van der Waals surface area contributed by atoms with E-state index in [0.29, 0.717) is 18.3 Å². The number of fused-ring (bicyclic) bond motifs is 1. The molecular formula is C13H15N3O2S. The summed E-state index contributed by atoms with van der Waals surface area (Å²) in [5, 5.41) is 3.45. The van der Waals surface area contributed by atoms with E-state index in [-0.39, 0.29) is 17.9 Å². The van der Waals surface area contributed by atoms with E-state index in [1.54, 1.807) is 0 Å². The Hall–Kier alpha value is -1.50. The second-order valence-corrected chi connectivity index (χ2v) is 5.82.